The molecule has 0 bridgehead atoms. The number of ether oxygens (including phenoxy) is 3. The fourth-order valence-electron chi connectivity index (χ4n) is 5.81. The highest BCUT2D eigenvalue weighted by molar-refractivity contribution is 6.35. The summed E-state index contributed by atoms with van der Waals surface area (Å²) >= 11 is 6.98. The Balaban J connectivity index is 1.66. The van der Waals surface area contributed by atoms with Crippen LogP contribution in [0.2, 0.25) is 5.02 Å². The van der Waals surface area contributed by atoms with Crippen molar-refractivity contribution in [1.82, 2.24) is 13.9 Å². The van der Waals surface area contributed by atoms with Crippen molar-refractivity contribution in [3.8, 4) is 28.4 Å². The predicted molar refractivity (Wildman–Crippen MR) is 181 cm³/mol. The molecule has 234 valence electrons. The number of nitrogens with zero attached hydrogens (tertiary/aromatic N) is 3. The van der Waals surface area contributed by atoms with Gasteiger partial charge in [0.05, 0.1) is 33.6 Å². The van der Waals surface area contributed by atoms with Crippen molar-refractivity contribution in [2.24, 2.45) is 5.92 Å². The Morgan fingerprint density at radius 1 is 0.933 bits per heavy atom. The van der Waals surface area contributed by atoms with Gasteiger partial charge in [-0.25, -0.2) is 14.3 Å². The van der Waals surface area contributed by atoms with Gasteiger partial charge in [0, 0.05) is 29.9 Å². The van der Waals surface area contributed by atoms with Crippen LogP contribution in [0.15, 0.2) is 79.0 Å². The SMILES string of the molecule is COc1ccc(-c2cccc(N)c2)cc1Cc1c(C[N+](C=O)(CCC(C)C)c2ccc(OC)c(OC)c2Cl)nc2ccccn12. The largest absolute Gasteiger partial charge is 0.496 e. The van der Waals surface area contributed by atoms with E-state index in [2.05, 4.69) is 24.3 Å². The molecular formula is C36H40ClN4O4+. The van der Waals surface area contributed by atoms with Gasteiger partial charge in [-0.1, -0.05) is 49.7 Å². The van der Waals surface area contributed by atoms with Crippen LogP contribution in [-0.2, 0) is 17.8 Å². The number of amides is 1. The molecular weight excluding hydrogens is 588 g/mol. The quantitative estimate of drug-likeness (QED) is 0.0823. The number of fused-ring (bicyclic) bond motifs is 1. The molecule has 0 saturated carbocycles. The van der Waals surface area contributed by atoms with Gasteiger partial charge in [0.15, 0.2) is 17.2 Å². The van der Waals surface area contributed by atoms with Crippen molar-refractivity contribution < 1.29 is 19.0 Å². The third-order valence-corrected chi connectivity index (χ3v) is 8.62. The van der Waals surface area contributed by atoms with Crippen LogP contribution < -0.4 is 24.4 Å². The van der Waals surface area contributed by atoms with Crippen molar-refractivity contribution in [1.29, 1.82) is 0 Å². The Kier molecular flexibility index (Phi) is 9.65. The van der Waals surface area contributed by atoms with Crippen LogP contribution in [0, 0.1) is 5.92 Å². The molecule has 0 radical (unpaired) electrons. The summed E-state index contributed by atoms with van der Waals surface area (Å²) in [5.74, 6) is 2.02. The van der Waals surface area contributed by atoms with Crippen molar-refractivity contribution in [3.63, 3.8) is 0 Å². The average molecular weight is 628 g/mol. The maximum atomic E-state index is 13.3. The molecule has 2 aromatic heterocycles. The molecule has 45 heavy (non-hydrogen) atoms. The van der Waals surface area contributed by atoms with Crippen LogP contribution in [0.4, 0.5) is 11.4 Å². The fraction of sp³-hybridized carbons (Fsp3) is 0.278. The molecule has 0 aliphatic carbocycles. The number of pyridine rings is 1. The second kappa shape index (κ2) is 13.6. The van der Waals surface area contributed by atoms with Crippen molar-refractivity contribution >= 4 is 35.0 Å². The number of quaternary nitrogens is 1. The van der Waals surface area contributed by atoms with E-state index in [9.17, 15) is 4.79 Å². The Morgan fingerprint density at radius 2 is 1.69 bits per heavy atom. The number of carbonyl (C=O) groups is 1. The summed E-state index contributed by atoms with van der Waals surface area (Å²) in [5, 5.41) is 0.342. The number of aromatic nitrogens is 2. The first kappa shape index (κ1) is 31.9. The van der Waals surface area contributed by atoms with Gasteiger partial charge in [0.1, 0.15) is 28.7 Å². The first-order valence-corrected chi connectivity index (χ1v) is 15.3. The maximum Gasteiger partial charge on any atom is 0.306 e. The van der Waals surface area contributed by atoms with E-state index in [0.717, 1.165) is 52.3 Å². The topological polar surface area (TPSA) is 88.1 Å². The van der Waals surface area contributed by atoms with Crippen LogP contribution in [0.1, 0.15) is 37.2 Å². The van der Waals surface area contributed by atoms with E-state index >= 15 is 0 Å². The van der Waals surface area contributed by atoms with E-state index in [-0.39, 0.29) is 4.48 Å². The summed E-state index contributed by atoms with van der Waals surface area (Å²) in [7, 11) is 4.78. The summed E-state index contributed by atoms with van der Waals surface area (Å²) in [6.07, 6.45) is 4.29. The number of hydrogen-bond acceptors (Lipinski definition) is 6. The van der Waals surface area contributed by atoms with Gasteiger partial charge in [0.25, 0.3) is 0 Å². The highest BCUT2D eigenvalue weighted by atomic mass is 35.5. The second-order valence-electron chi connectivity index (χ2n) is 11.6. The first-order valence-electron chi connectivity index (χ1n) is 14.9. The molecule has 9 heteroatoms. The van der Waals surface area contributed by atoms with Gasteiger partial charge in [0.2, 0.25) is 0 Å². The number of hydrogen-bond donors (Lipinski definition) is 1. The zero-order chi connectivity index (χ0) is 32.1. The molecule has 2 N–H and O–H groups in total. The normalized spacial score (nSPS) is 12.7. The zero-order valence-corrected chi connectivity index (χ0v) is 27.2. The monoisotopic (exact) mass is 627 g/mol. The van der Waals surface area contributed by atoms with Crippen molar-refractivity contribution in [2.75, 3.05) is 33.6 Å². The lowest BCUT2D eigenvalue weighted by molar-refractivity contribution is -0.118. The lowest BCUT2D eigenvalue weighted by Crippen LogP contribution is -2.49. The van der Waals surface area contributed by atoms with E-state index in [1.807, 2.05) is 66.9 Å². The highest BCUT2D eigenvalue weighted by Crippen LogP contribution is 2.44. The van der Waals surface area contributed by atoms with Gasteiger partial charge in [-0.2, -0.15) is 0 Å². The molecule has 1 unspecified atom stereocenters. The van der Waals surface area contributed by atoms with Gasteiger partial charge >= 0.3 is 6.41 Å². The van der Waals surface area contributed by atoms with Gasteiger partial charge in [-0.05, 0) is 65.9 Å². The number of anilines is 1. The van der Waals surface area contributed by atoms with E-state index < -0.39 is 0 Å². The molecule has 5 aromatic rings. The number of benzene rings is 3. The molecule has 2 heterocycles. The Morgan fingerprint density at radius 3 is 2.38 bits per heavy atom. The minimum absolute atomic E-state index is 0.0608. The van der Waals surface area contributed by atoms with Crippen molar-refractivity contribution in [3.05, 3.63) is 101 Å². The van der Waals surface area contributed by atoms with Crippen LogP contribution in [0.3, 0.4) is 0 Å². The Labute approximate surface area is 269 Å². The summed E-state index contributed by atoms with van der Waals surface area (Å²) < 4.78 is 19.0. The van der Waals surface area contributed by atoms with E-state index in [1.54, 1.807) is 27.4 Å². The standard InChI is InChI=1S/C36H40ClN4O4/c1-24(2)16-18-41(23-42,31-13-15-33(44-4)36(45-5)35(31)37)22-29-30(40-17-7-6-11-34(40)39-29)21-27-19-26(12-14-32(27)43-3)25-9-8-10-28(38)20-25/h6-15,17,19-20,23-24H,16,18,21-22,38H2,1-5H3/q+1. The van der Waals surface area contributed by atoms with E-state index in [4.69, 9.17) is 36.5 Å². The predicted octanol–water partition coefficient (Wildman–Crippen LogP) is 7.56. The number of methoxy groups -OCH3 is 3. The average Bonchev–Trinajstić information content (AvgIpc) is 3.39. The third kappa shape index (κ3) is 6.48. The smallest absolute Gasteiger partial charge is 0.306 e. The van der Waals surface area contributed by atoms with Gasteiger partial charge in [-0.15, -0.1) is 0 Å². The number of carbonyl (C=O) groups excluding carboxylic acids is 1. The highest BCUT2D eigenvalue weighted by Gasteiger charge is 2.37. The molecule has 1 atom stereocenters. The molecule has 1 amide bonds. The Bertz CT molecular complexity index is 1820. The van der Waals surface area contributed by atoms with Crippen molar-refractivity contribution in [2.45, 2.75) is 33.2 Å². The Hall–Kier alpha value is -4.53. The number of halogens is 1. The lowest BCUT2D eigenvalue weighted by atomic mass is 9.99. The molecule has 8 nitrogen and oxygen atoms in total. The molecule has 0 fully saturated rings. The molecule has 5 rings (SSSR count). The lowest BCUT2D eigenvalue weighted by Gasteiger charge is -2.33. The van der Waals surface area contributed by atoms with Gasteiger partial charge < -0.3 is 24.3 Å². The number of nitrogen functional groups attached to an aromatic ring is 1. The molecule has 0 aliphatic heterocycles. The molecule has 0 saturated heterocycles. The third-order valence-electron chi connectivity index (χ3n) is 8.25. The van der Waals surface area contributed by atoms with Gasteiger partial charge in [-0.3, -0.25) is 0 Å². The zero-order valence-electron chi connectivity index (χ0n) is 26.4. The molecule has 0 aliphatic rings. The van der Waals surface area contributed by atoms with E-state index in [0.29, 0.717) is 53.3 Å². The van der Waals surface area contributed by atoms with E-state index in [1.165, 1.54) is 0 Å². The summed E-state index contributed by atoms with van der Waals surface area (Å²) in [6, 6.07) is 23.5. The summed E-state index contributed by atoms with van der Waals surface area (Å²) in [5.41, 5.74) is 13.0. The first-order chi connectivity index (χ1) is 21.7. The van der Waals surface area contributed by atoms with Crippen LogP contribution in [0.25, 0.3) is 16.8 Å². The molecule has 0 spiro atoms. The summed E-state index contributed by atoms with van der Waals surface area (Å²) in [6.45, 7) is 5.11. The summed E-state index contributed by atoms with van der Waals surface area (Å²) in [4.78, 5) is 18.4. The molecule has 3 aromatic carbocycles. The minimum atomic E-state index is -0.0608. The number of nitrogens with two attached hydrogens (primary N) is 1. The maximum absolute atomic E-state index is 13.3. The fourth-order valence-corrected chi connectivity index (χ4v) is 6.22. The van der Waals surface area contributed by atoms with Crippen LogP contribution in [0.5, 0.6) is 17.2 Å². The number of imidazole rings is 1. The number of rotatable bonds is 13. The second-order valence-corrected chi connectivity index (χ2v) is 12.0. The van der Waals surface area contributed by atoms with Crippen LogP contribution >= 0.6 is 11.6 Å². The minimum Gasteiger partial charge on any atom is -0.496 e. The van der Waals surface area contributed by atoms with Crippen LogP contribution in [-0.4, -0.2) is 43.7 Å².